The number of rotatable bonds is 6. The molecular weight excluding hydrogens is 433 g/mol. The van der Waals surface area contributed by atoms with Crippen LogP contribution in [-0.4, -0.2) is 21.4 Å². The van der Waals surface area contributed by atoms with Crippen LogP contribution in [0.15, 0.2) is 77.7 Å². The van der Waals surface area contributed by atoms with Gasteiger partial charge < -0.3 is 10.1 Å². The number of sulfonamides is 1. The second-order valence-corrected chi connectivity index (χ2v) is 8.07. The third-order valence-electron chi connectivity index (χ3n) is 4.22. The van der Waals surface area contributed by atoms with Gasteiger partial charge in [0.25, 0.3) is 15.9 Å². The van der Waals surface area contributed by atoms with Crippen molar-refractivity contribution in [2.45, 2.75) is 11.1 Å². The van der Waals surface area contributed by atoms with Crippen molar-refractivity contribution in [1.29, 1.82) is 0 Å². The van der Waals surface area contributed by atoms with Crippen LogP contribution in [0, 0.1) is 0 Å². The molecule has 2 N–H and O–H groups in total. The third-order valence-corrected chi connectivity index (χ3v) is 5.61. The number of anilines is 2. The van der Waals surface area contributed by atoms with Crippen molar-refractivity contribution in [2.24, 2.45) is 0 Å². The summed E-state index contributed by atoms with van der Waals surface area (Å²) in [6, 6.07) is 15.5. The average molecular weight is 450 g/mol. The van der Waals surface area contributed by atoms with Crippen LogP contribution in [0.3, 0.4) is 0 Å². The van der Waals surface area contributed by atoms with Crippen LogP contribution in [0.2, 0.25) is 0 Å². The fourth-order valence-electron chi connectivity index (χ4n) is 2.64. The number of hydrogen-bond acceptors (Lipinski definition) is 4. The molecule has 0 aliphatic rings. The lowest BCUT2D eigenvalue weighted by atomic mass is 10.1. The van der Waals surface area contributed by atoms with E-state index < -0.39 is 27.7 Å². The minimum absolute atomic E-state index is 0.0299. The molecule has 6 nitrogen and oxygen atoms in total. The number of halogens is 3. The molecule has 0 fully saturated rings. The first-order valence-corrected chi connectivity index (χ1v) is 10.3. The Kier molecular flexibility index (Phi) is 6.21. The molecule has 10 heteroatoms. The summed E-state index contributed by atoms with van der Waals surface area (Å²) < 4.78 is 70.8. The SMILES string of the molecule is COc1ccc(NS(=O)(=O)c2ccc(C(=O)Nc3cccc(C(F)(F)F)c3)cc2)cc1. The Labute approximate surface area is 176 Å². The van der Waals surface area contributed by atoms with Gasteiger partial charge in [-0.2, -0.15) is 13.2 Å². The number of benzene rings is 3. The molecule has 0 aromatic heterocycles. The monoisotopic (exact) mass is 450 g/mol. The molecule has 0 radical (unpaired) electrons. The van der Waals surface area contributed by atoms with Crippen LogP contribution in [0.4, 0.5) is 24.5 Å². The molecule has 0 bridgehead atoms. The van der Waals surface area contributed by atoms with Gasteiger partial charge >= 0.3 is 6.18 Å². The van der Waals surface area contributed by atoms with Gasteiger partial charge in [-0.15, -0.1) is 0 Å². The highest BCUT2D eigenvalue weighted by molar-refractivity contribution is 7.92. The van der Waals surface area contributed by atoms with Gasteiger partial charge in [0.2, 0.25) is 0 Å². The van der Waals surface area contributed by atoms with E-state index in [4.69, 9.17) is 4.74 Å². The second kappa shape index (κ2) is 8.68. The predicted molar refractivity (Wildman–Crippen MR) is 110 cm³/mol. The fourth-order valence-corrected chi connectivity index (χ4v) is 3.69. The number of alkyl halides is 3. The minimum atomic E-state index is -4.53. The Balaban J connectivity index is 1.72. The van der Waals surface area contributed by atoms with Crippen LogP contribution < -0.4 is 14.8 Å². The van der Waals surface area contributed by atoms with Crippen molar-refractivity contribution < 1.29 is 31.1 Å². The molecular formula is C21H17F3N2O4S. The van der Waals surface area contributed by atoms with E-state index >= 15 is 0 Å². The van der Waals surface area contributed by atoms with Crippen LogP contribution in [0.25, 0.3) is 0 Å². The van der Waals surface area contributed by atoms with Crippen LogP contribution in [0.5, 0.6) is 5.75 Å². The summed E-state index contributed by atoms with van der Waals surface area (Å²) in [7, 11) is -2.41. The van der Waals surface area contributed by atoms with E-state index in [1.54, 1.807) is 12.1 Å². The molecule has 0 aliphatic heterocycles. The zero-order valence-electron chi connectivity index (χ0n) is 16.1. The van der Waals surface area contributed by atoms with E-state index in [0.29, 0.717) is 11.4 Å². The van der Waals surface area contributed by atoms with E-state index in [9.17, 15) is 26.4 Å². The number of nitrogens with one attached hydrogen (secondary N) is 2. The molecule has 3 rings (SSSR count). The Morgan fingerprint density at radius 3 is 2.13 bits per heavy atom. The summed E-state index contributed by atoms with van der Waals surface area (Å²) in [6.07, 6.45) is -4.53. The molecule has 3 aromatic rings. The van der Waals surface area contributed by atoms with Crippen molar-refractivity contribution in [3.05, 3.63) is 83.9 Å². The molecule has 0 heterocycles. The number of methoxy groups -OCH3 is 1. The summed E-state index contributed by atoms with van der Waals surface area (Å²) in [4.78, 5) is 12.2. The maximum Gasteiger partial charge on any atom is 0.416 e. The molecule has 0 saturated heterocycles. The highest BCUT2D eigenvalue weighted by atomic mass is 32.2. The highest BCUT2D eigenvalue weighted by Gasteiger charge is 2.30. The van der Waals surface area contributed by atoms with Crippen molar-refractivity contribution in [3.63, 3.8) is 0 Å². The smallest absolute Gasteiger partial charge is 0.416 e. The lowest BCUT2D eigenvalue weighted by Gasteiger charge is -2.11. The number of hydrogen-bond donors (Lipinski definition) is 2. The molecule has 0 aliphatic carbocycles. The molecule has 3 aromatic carbocycles. The standard InChI is InChI=1S/C21H17F3N2O4S/c1-30-18-9-7-16(8-10-18)26-31(28,29)19-11-5-14(6-12-19)20(27)25-17-4-2-3-15(13-17)21(22,23)24/h2-13,26H,1H3,(H,25,27). The van der Waals surface area contributed by atoms with Crippen LogP contribution >= 0.6 is 0 Å². The van der Waals surface area contributed by atoms with E-state index in [1.807, 2.05) is 0 Å². The number of amides is 1. The topological polar surface area (TPSA) is 84.5 Å². The first kappa shape index (κ1) is 22.2. The van der Waals surface area contributed by atoms with Gasteiger partial charge in [-0.05, 0) is 66.7 Å². The first-order valence-electron chi connectivity index (χ1n) is 8.84. The van der Waals surface area contributed by atoms with Gasteiger partial charge in [-0.3, -0.25) is 9.52 Å². The third kappa shape index (κ3) is 5.54. The number of carbonyl (C=O) groups is 1. The van der Waals surface area contributed by atoms with Gasteiger partial charge in [-0.1, -0.05) is 6.07 Å². The summed E-state index contributed by atoms with van der Waals surface area (Å²) in [6.45, 7) is 0. The summed E-state index contributed by atoms with van der Waals surface area (Å²) in [5.41, 5.74) is -0.512. The van der Waals surface area contributed by atoms with Gasteiger partial charge in [0, 0.05) is 16.9 Å². The van der Waals surface area contributed by atoms with Gasteiger partial charge in [-0.25, -0.2) is 8.42 Å². The maximum absolute atomic E-state index is 12.8. The summed E-state index contributed by atoms with van der Waals surface area (Å²) >= 11 is 0. The average Bonchev–Trinajstić information content (AvgIpc) is 2.74. The fraction of sp³-hybridized carbons (Fsp3) is 0.0952. The van der Waals surface area contributed by atoms with Crippen molar-refractivity contribution >= 4 is 27.3 Å². The van der Waals surface area contributed by atoms with E-state index in [-0.39, 0.29) is 16.1 Å². The van der Waals surface area contributed by atoms with Gasteiger partial charge in [0.05, 0.1) is 17.6 Å². The largest absolute Gasteiger partial charge is 0.497 e. The zero-order chi connectivity index (χ0) is 22.6. The van der Waals surface area contributed by atoms with Crippen molar-refractivity contribution in [2.75, 3.05) is 17.1 Å². The number of ether oxygens (including phenoxy) is 1. The molecule has 31 heavy (non-hydrogen) atoms. The molecule has 0 saturated carbocycles. The molecule has 0 spiro atoms. The molecule has 0 atom stereocenters. The predicted octanol–water partition coefficient (Wildman–Crippen LogP) is 4.77. The Hall–Kier alpha value is -3.53. The summed E-state index contributed by atoms with van der Waals surface area (Å²) in [5.74, 6) is -0.106. The molecule has 1 amide bonds. The highest BCUT2D eigenvalue weighted by Crippen LogP contribution is 2.30. The van der Waals surface area contributed by atoms with Gasteiger partial charge in [0.15, 0.2) is 0 Å². The normalized spacial score (nSPS) is 11.6. The van der Waals surface area contributed by atoms with Crippen LogP contribution in [0.1, 0.15) is 15.9 Å². The summed E-state index contributed by atoms with van der Waals surface area (Å²) in [5, 5.41) is 2.36. The molecule has 0 unspecified atom stereocenters. The second-order valence-electron chi connectivity index (χ2n) is 6.39. The Morgan fingerprint density at radius 2 is 1.55 bits per heavy atom. The van der Waals surface area contributed by atoms with Gasteiger partial charge in [0.1, 0.15) is 5.75 Å². The first-order chi connectivity index (χ1) is 14.6. The lowest BCUT2D eigenvalue weighted by molar-refractivity contribution is -0.137. The maximum atomic E-state index is 12.8. The van der Waals surface area contributed by atoms with Crippen LogP contribution in [-0.2, 0) is 16.2 Å². The van der Waals surface area contributed by atoms with E-state index in [0.717, 1.165) is 12.1 Å². The van der Waals surface area contributed by atoms with Crippen molar-refractivity contribution in [1.82, 2.24) is 0 Å². The van der Waals surface area contributed by atoms with E-state index in [1.165, 1.54) is 55.6 Å². The number of carbonyl (C=O) groups excluding carboxylic acids is 1. The zero-order valence-corrected chi connectivity index (χ0v) is 16.9. The minimum Gasteiger partial charge on any atom is -0.497 e. The quantitative estimate of drug-likeness (QED) is 0.567. The Morgan fingerprint density at radius 1 is 0.903 bits per heavy atom. The lowest BCUT2D eigenvalue weighted by Crippen LogP contribution is -2.15. The Bertz CT molecular complexity index is 1180. The van der Waals surface area contributed by atoms with Crippen molar-refractivity contribution in [3.8, 4) is 5.75 Å². The van der Waals surface area contributed by atoms with E-state index in [2.05, 4.69) is 10.0 Å². The molecule has 162 valence electrons.